The van der Waals surface area contributed by atoms with Crippen molar-refractivity contribution in [3.05, 3.63) is 35.1 Å². The van der Waals surface area contributed by atoms with Crippen molar-refractivity contribution >= 4 is 0 Å². The number of benzene rings is 1. The fourth-order valence-electron chi connectivity index (χ4n) is 2.42. The SMILES string of the molecule is Fc1ccc2c(c1)CCNC2C1CC1. The van der Waals surface area contributed by atoms with Gasteiger partial charge in [0, 0.05) is 6.04 Å². The van der Waals surface area contributed by atoms with Gasteiger partial charge in [0.2, 0.25) is 0 Å². The zero-order chi connectivity index (χ0) is 9.54. The van der Waals surface area contributed by atoms with E-state index in [-0.39, 0.29) is 5.82 Å². The first-order valence-electron chi connectivity index (χ1n) is 5.36. The first-order chi connectivity index (χ1) is 6.84. The molecule has 1 aliphatic carbocycles. The molecule has 0 amide bonds. The van der Waals surface area contributed by atoms with E-state index in [2.05, 4.69) is 5.32 Å². The molecule has 1 atom stereocenters. The monoisotopic (exact) mass is 191 g/mol. The summed E-state index contributed by atoms with van der Waals surface area (Å²) in [6.07, 6.45) is 3.62. The summed E-state index contributed by atoms with van der Waals surface area (Å²) in [6.45, 7) is 0.998. The molecule has 1 heterocycles. The average Bonchev–Trinajstić information content (AvgIpc) is 2.99. The predicted molar refractivity (Wildman–Crippen MR) is 53.6 cm³/mol. The summed E-state index contributed by atoms with van der Waals surface area (Å²) in [7, 11) is 0. The molecule has 0 radical (unpaired) electrons. The van der Waals surface area contributed by atoms with Gasteiger partial charge in [-0.15, -0.1) is 0 Å². The maximum absolute atomic E-state index is 13.0. The van der Waals surface area contributed by atoms with E-state index in [1.807, 2.05) is 6.07 Å². The smallest absolute Gasteiger partial charge is 0.123 e. The van der Waals surface area contributed by atoms with Gasteiger partial charge in [-0.25, -0.2) is 4.39 Å². The van der Waals surface area contributed by atoms with Crippen LogP contribution in [0, 0.1) is 11.7 Å². The highest BCUT2D eigenvalue weighted by Crippen LogP contribution is 2.43. The van der Waals surface area contributed by atoms with Crippen molar-refractivity contribution < 1.29 is 4.39 Å². The van der Waals surface area contributed by atoms with Crippen LogP contribution in [0.1, 0.15) is 30.0 Å². The van der Waals surface area contributed by atoms with Crippen LogP contribution in [0.3, 0.4) is 0 Å². The van der Waals surface area contributed by atoms with Gasteiger partial charge in [-0.3, -0.25) is 0 Å². The Kier molecular flexibility index (Phi) is 1.84. The Morgan fingerprint density at radius 2 is 2.14 bits per heavy atom. The number of nitrogens with one attached hydrogen (secondary N) is 1. The molecule has 3 rings (SSSR count). The fourth-order valence-corrected chi connectivity index (χ4v) is 2.42. The minimum absolute atomic E-state index is 0.0970. The number of halogens is 1. The van der Waals surface area contributed by atoms with E-state index in [1.54, 1.807) is 12.1 Å². The minimum atomic E-state index is -0.0970. The Bertz CT molecular complexity index is 357. The van der Waals surface area contributed by atoms with Gasteiger partial charge >= 0.3 is 0 Å². The molecular weight excluding hydrogens is 177 g/mol. The maximum atomic E-state index is 13.0. The normalized spacial score (nSPS) is 25.9. The van der Waals surface area contributed by atoms with Crippen LogP contribution >= 0.6 is 0 Å². The third kappa shape index (κ3) is 1.34. The molecule has 1 unspecified atom stereocenters. The van der Waals surface area contributed by atoms with Gasteiger partial charge in [-0.1, -0.05) is 6.07 Å². The lowest BCUT2D eigenvalue weighted by Crippen LogP contribution is -2.31. The van der Waals surface area contributed by atoms with Gasteiger partial charge in [-0.05, 0) is 55.0 Å². The molecule has 1 aliphatic heterocycles. The lowest BCUT2D eigenvalue weighted by Gasteiger charge is -2.26. The van der Waals surface area contributed by atoms with Crippen LogP contribution in [0.25, 0.3) is 0 Å². The summed E-state index contributed by atoms with van der Waals surface area (Å²) in [5.41, 5.74) is 2.54. The molecule has 2 aliphatic rings. The molecule has 1 aromatic carbocycles. The lowest BCUT2D eigenvalue weighted by molar-refractivity contribution is 0.455. The van der Waals surface area contributed by atoms with E-state index in [0.29, 0.717) is 6.04 Å². The maximum Gasteiger partial charge on any atom is 0.123 e. The molecule has 1 fully saturated rings. The summed E-state index contributed by atoms with van der Waals surface area (Å²) >= 11 is 0. The fraction of sp³-hybridized carbons (Fsp3) is 0.500. The molecule has 0 spiro atoms. The summed E-state index contributed by atoms with van der Waals surface area (Å²) in [5, 5.41) is 3.53. The van der Waals surface area contributed by atoms with Crippen molar-refractivity contribution in [1.29, 1.82) is 0 Å². The van der Waals surface area contributed by atoms with Crippen LogP contribution in [0.5, 0.6) is 0 Å². The van der Waals surface area contributed by atoms with Gasteiger partial charge in [-0.2, -0.15) is 0 Å². The summed E-state index contributed by atoms with van der Waals surface area (Å²) in [5.74, 6) is 0.708. The van der Waals surface area contributed by atoms with Gasteiger partial charge in [0.1, 0.15) is 5.82 Å². The Morgan fingerprint density at radius 1 is 1.29 bits per heavy atom. The number of hydrogen-bond acceptors (Lipinski definition) is 1. The van der Waals surface area contributed by atoms with Crippen LogP contribution in [0.4, 0.5) is 4.39 Å². The van der Waals surface area contributed by atoms with Crippen molar-refractivity contribution in [3.63, 3.8) is 0 Å². The second-order valence-electron chi connectivity index (χ2n) is 4.36. The van der Waals surface area contributed by atoms with Crippen molar-refractivity contribution in [1.82, 2.24) is 5.32 Å². The third-order valence-corrected chi connectivity index (χ3v) is 3.29. The van der Waals surface area contributed by atoms with Gasteiger partial charge in [0.05, 0.1) is 0 Å². The second-order valence-corrected chi connectivity index (χ2v) is 4.36. The predicted octanol–water partition coefficient (Wildman–Crippen LogP) is 2.42. The van der Waals surface area contributed by atoms with E-state index in [1.165, 1.54) is 24.0 Å². The molecule has 1 N–H and O–H groups in total. The lowest BCUT2D eigenvalue weighted by atomic mass is 9.91. The Balaban J connectivity index is 2.01. The molecule has 0 aromatic heterocycles. The van der Waals surface area contributed by atoms with E-state index in [0.717, 1.165) is 18.9 Å². The first-order valence-corrected chi connectivity index (χ1v) is 5.36. The van der Waals surface area contributed by atoms with E-state index < -0.39 is 0 Å². The summed E-state index contributed by atoms with van der Waals surface area (Å²) < 4.78 is 13.0. The second kappa shape index (κ2) is 3.06. The van der Waals surface area contributed by atoms with Crippen molar-refractivity contribution in [2.45, 2.75) is 25.3 Å². The standard InChI is InChI=1S/C12H14FN/c13-10-3-4-11-9(7-10)5-6-14-12(11)8-1-2-8/h3-4,7-8,12,14H,1-2,5-6H2. The Hall–Kier alpha value is -0.890. The largest absolute Gasteiger partial charge is 0.309 e. The van der Waals surface area contributed by atoms with E-state index in [9.17, 15) is 4.39 Å². The minimum Gasteiger partial charge on any atom is -0.309 e. The zero-order valence-electron chi connectivity index (χ0n) is 8.09. The molecule has 1 aromatic rings. The van der Waals surface area contributed by atoms with Crippen LogP contribution < -0.4 is 5.32 Å². The molecule has 74 valence electrons. The van der Waals surface area contributed by atoms with Crippen LogP contribution in [0.15, 0.2) is 18.2 Å². The first kappa shape index (κ1) is 8.42. The number of fused-ring (bicyclic) bond motifs is 1. The quantitative estimate of drug-likeness (QED) is 0.718. The highest BCUT2D eigenvalue weighted by molar-refractivity contribution is 5.34. The number of rotatable bonds is 1. The Morgan fingerprint density at radius 3 is 2.93 bits per heavy atom. The molecule has 0 bridgehead atoms. The molecule has 1 saturated carbocycles. The molecule has 14 heavy (non-hydrogen) atoms. The van der Waals surface area contributed by atoms with Crippen molar-refractivity contribution in [3.8, 4) is 0 Å². The van der Waals surface area contributed by atoms with E-state index in [4.69, 9.17) is 0 Å². The molecular formula is C12H14FN. The topological polar surface area (TPSA) is 12.0 Å². The van der Waals surface area contributed by atoms with Gasteiger partial charge in [0.15, 0.2) is 0 Å². The molecule has 2 heteroatoms. The summed E-state index contributed by atoms with van der Waals surface area (Å²) in [6, 6.07) is 5.74. The van der Waals surface area contributed by atoms with Crippen LogP contribution in [0.2, 0.25) is 0 Å². The molecule has 0 saturated heterocycles. The van der Waals surface area contributed by atoms with Gasteiger partial charge < -0.3 is 5.32 Å². The van der Waals surface area contributed by atoms with Gasteiger partial charge in [0.25, 0.3) is 0 Å². The number of hydrogen-bond donors (Lipinski definition) is 1. The van der Waals surface area contributed by atoms with Crippen molar-refractivity contribution in [2.75, 3.05) is 6.54 Å². The molecule has 1 nitrogen and oxygen atoms in total. The van der Waals surface area contributed by atoms with Crippen LogP contribution in [-0.4, -0.2) is 6.54 Å². The van der Waals surface area contributed by atoms with Crippen LogP contribution in [-0.2, 0) is 6.42 Å². The van der Waals surface area contributed by atoms with Crippen molar-refractivity contribution in [2.24, 2.45) is 5.92 Å². The highest BCUT2D eigenvalue weighted by Gasteiger charge is 2.34. The third-order valence-electron chi connectivity index (χ3n) is 3.29. The average molecular weight is 191 g/mol. The highest BCUT2D eigenvalue weighted by atomic mass is 19.1. The Labute approximate surface area is 83.3 Å². The zero-order valence-corrected chi connectivity index (χ0v) is 8.09. The summed E-state index contributed by atoms with van der Waals surface area (Å²) in [4.78, 5) is 0. The van der Waals surface area contributed by atoms with E-state index >= 15 is 0 Å².